The third kappa shape index (κ3) is 6.83. The summed E-state index contributed by atoms with van der Waals surface area (Å²) in [4.78, 5) is 0. The Bertz CT molecular complexity index is 244. The van der Waals surface area contributed by atoms with Gasteiger partial charge in [-0.1, -0.05) is 0 Å². The Morgan fingerprint density at radius 2 is 1.85 bits per heavy atom. The molecule has 0 aromatic rings. The summed E-state index contributed by atoms with van der Waals surface area (Å²) in [5.41, 5.74) is 0. The van der Waals surface area contributed by atoms with Crippen LogP contribution >= 0.6 is 0 Å². The van der Waals surface area contributed by atoms with Crippen LogP contribution in [0.15, 0.2) is 0 Å². The first-order chi connectivity index (χ1) is 5.63. The van der Waals surface area contributed by atoms with Crippen LogP contribution < -0.4 is 0 Å². The van der Waals surface area contributed by atoms with Crippen molar-refractivity contribution in [1.82, 2.24) is 0 Å². The van der Waals surface area contributed by atoms with Crippen molar-refractivity contribution in [3.05, 3.63) is 0 Å². The minimum absolute atomic E-state index is 0.181. The van der Waals surface area contributed by atoms with Gasteiger partial charge in [0, 0.05) is 12.0 Å². The number of aliphatic hydroxyl groups is 1. The van der Waals surface area contributed by atoms with Crippen LogP contribution in [0, 0.1) is 0 Å². The van der Waals surface area contributed by atoms with E-state index in [9.17, 15) is 21.6 Å². The van der Waals surface area contributed by atoms with Crippen molar-refractivity contribution in [1.29, 1.82) is 0 Å². The molecule has 0 rings (SSSR count). The molecule has 1 unspecified atom stereocenters. The molecule has 1 N–H and O–H groups in total. The maximum absolute atomic E-state index is 11.7. The van der Waals surface area contributed by atoms with Gasteiger partial charge in [-0.05, 0) is 12.8 Å². The molecule has 80 valence electrons. The number of hydrogen-bond acceptors (Lipinski definition) is 3. The molecule has 0 spiro atoms. The van der Waals surface area contributed by atoms with Gasteiger partial charge in [0.2, 0.25) is 0 Å². The molecule has 0 aliphatic heterocycles. The molecule has 0 amide bonds. The van der Waals surface area contributed by atoms with Gasteiger partial charge in [-0.25, -0.2) is 8.42 Å². The molecular formula is C6H11F3O3S. The summed E-state index contributed by atoms with van der Waals surface area (Å²) in [6, 6.07) is 0. The smallest absolute Gasteiger partial charge is 0.384 e. The fourth-order valence-corrected chi connectivity index (χ4v) is 1.39. The first kappa shape index (κ1) is 12.7. The first-order valence-electron chi connectivity index (χ1n) is 3.55. The lowest BCUT2D eigenvalue weighted by molar-refractivity contribution is -0.205. The Kier molecular flexibility index (Phi) is 4.18. The third-order valence-electron chi connectivity index (χ3n) is 1.37. The number of sulfone groups is 1. The quantitative estimate of drug-likeness (QED) is 0.760. The second kappa shape index (κ2) is 4.28. The molecule has 0 saturated carbocycles. The molecule has 1 atom stereocenters. The Labute approximate surface area is 74.5 Å². The Morgan fingerprint density at radius 1 is 1.38 bits per heavy atom. The van der Waals surface area contributed by atoms with Gasteiger partial charge in [-0.2, -0.15) is 13.2 Å². The van der Waals surface area contributed by atoms with Crippen LogP contribution in [0.2, 0.25) is 0 Å². The van der Waals surface area contributed by atoms with Crippen molar-refractivity contribution < 1.29 is 26.7 Å². The van der Waals surface area contributed by atoms with E-state index in [-0.39, 0.29) is 12.2 Å². The normalized spacial score (nSPS) is 15.8. The number of hydrogen-bond donors (Lipinski definition) is 1. The highest BCUT2D eigenvalue weighted by Crippen LogP contribution is 2.23. The lowest BCUT2D eigenvalue weighted by atomic mass is 10.2. The molecule has 0 heterocycles. The number of aliphatic hydroxyl groups excluding tert-OH is 1. The zero-order valence-corrected chi connectivity index (χ0v) is 7.82. The van der Waals surface area contributed by atoms with E-state index in [2.05, 4.69) is 0 Å². The summed E-state index contributed by atoms with van der Waals surface area (Å²) in [5.74, 6) is -0.333. The molecule has 0 bridgehead atoms. The maximum atomic E-state index is 11.7. The van der Waals surface area contributed by atoms with Gasteiger partial charge in [-0.3, -0.25) is 0 Å². The Morgan fingerprint density at radius 3 is 2.15 bits per heavy atom. The largest absolute Gasteiger partial charge is 0.414 e. The van der Waals surface area contributed by atoms with E-state index in [4.69, 9.17) is 5.11 Å². The molecule has 0 aromatic carbocycles. The fraction of sp³-hybridized carbons (Fsp3) is 1.00. The van der Waals surface area contributed by atoms with Gasteiger partial charge in [0.15, 0.2) is 0 Å². The molecule has 0 aromatic heterocycles. The van der Waals surface area contributed by atoms with E-state index >= 15 is 0 Å². The lowest BCUT2D eigenvalue weighted by Gasteiger charge is -2.13. The molecule has 3 nitrogen and oxygen atoms in total. The molecule has 7 heteroatoms. The molecule has 0 radical (unpaired) electrons. The van der Waals surface area contributed by atoms with Crippen molar-refractivity contribution in [2.75, 3.05) is 12.0 Å². The summed E-state index contributed by atoms with van der Waals surface area (Å²) in [7, 11) is -3.24. The van der Waals surface area contributed by atoms with E-state index < -0.39 is 28.5 Å². The Hall–Kier alpha value is -0.300. The monoisotopic (exact) mass is 220 g/mol. The van der Waals surface area contributed by atoms with E-state index in [1.807, 2.05) is 0 Å². The summed E-state index contributed by atoms with van der Waals surface area (Å²) >= 11 is 0. The molecule has 13 heavy (non-hydrogen) atoms. The highest BCUT2D eigenvalue weighted by molar-refractivity contribution is 7.90. The summed E-state index contributed by atoms with van der Waals surface area (Å²) in [5, 5.41) is 8.46. The molecule has 0 saturated heterocycles. The Balaban J connectivity index is 3.80. The molecular weight excluding hydrogens is 209 g/mol. The molecule has 0 aliphatic rings. The van der Waals surface area contributed by atoms with E-state index in [1.165, 1.54) is 0 Å². The minimum atomic E-state index is -4.66. The van der Waals surface area contributed by atoms with Crippen LogP contribution in [0.3, 0.4) is 0 Å². The maximum Gasteiger partial charge on any atom is 0.414 e. The van der Waals surface area contributed by atoms with Crippen LogP contribution in [0.4, 0.5) is 13.2 Å². The van der Waals surface area contributed by atoms with Crippen LogP contribution in [-0.2, 0) is 9.84 Å². The fourth-order valence-electron chi connectivity index (χ4n) is 0.703. The van der Waals surface area contributed by atoms with Gasteiger partial charge >= 0.3 is 6.18 Å². The number of halogens is 3. The van der Waals surface area contributed by atoms with Gasteiger partial charge in [0.1, 0.15) is 15.9 Å². The van der Waals surface area contributed by atoms with Crippen molar-refractivity contribution in [2.24, 2.45) is 0 Å². The molecule has 0 aliphatic carbocycles. The van der Waals surface area contributed by atoms with Crippen molar-refractivity contribution >= 4 is 9.84 Å². The topological polar surface area (TPSA) is 54.4 Å². The van der Waals surface area contributed by atoms with Crippen LogP contribution in [0.25, 0.3) is 0 Å². The van der Waals surface area contributed by atoms with Gasteiger partial charge in [-0.15, -0.1) is 0 Å². The van der Waals surface area contributed by atoms with E-state index in [1.54, 1.807) is 0 Å². The van der Waals surface area contributed by atoms with Crippen LogP contribution in [0.1, 0.15) is 12.8 Å². The second-order valence-electron chi connectivity index (χ2n) is 2.83. The highest BCUT2D eigenvalue weighted by atomic mass is 32.2. The van der Waals surface area contributed by atoms with Crippen LogP contribution in [-0.4, -0.2) is 37.8 Å². The molecule has 0 fully saturated rings. The predicted octanol–water partition coefficient (Wildman–Crippen LogP) is 0.734. The second-order valence-corrected chi connectivity index (χ2v) is 5.09. The van der Waals surface area contributed by atoms with Gasteiger partial charge in [0.05, 0.1) is 0 Å². The first-order valence-corrected chi connectivity index (χ1v) is 5.61. The van der Waals surface area contributed by atoms with E-state index in [0.717, 1.165) is 6.26 Å². The van der Waals surface area contributed by atoms with Gasteiger partial charge < -0.3 is 5.11 Å². The van der Waals surface area contributed by atoms with Crippen molar-refractivity contribution in [3.63, 3.8) is 0 Å². The van der Waals surface area contributed by atoms with E-state index in [0.29, 0.717) is 0 Å². The zero-order chi connectivity index (χ0) is 10.7. The zero-order valence-electron chi connectivity index (χ0n) is 7.00. The standard InChI is InChI=1S/C6H11F3O3S/c1-13(11,12)4-2-3-5(10)6(7,8)9/h5,10H,2-4H2,1H3. The van der Waals surface area contributed by atoms with Crippen molar-refractivity contribution in [3.8, 4) is 0 Å². The SMILES string of the molecule is CS(=O)(=O)CCCC(O)C(F)(F)F. The number of alkyl halides is 3. The predicted molar refractivity (Wildman–Crippen MR) is 41.0 cm³/mol. The average Bonchev–Trinajstić information content (AvgIpc) is 1.82. The van der Waals surface area contributed by atoms with Crippen LogP contribution in [0.5, 0.6) is 0 Å². The van der Waals surface area contributed by atoms with Crippen molar-refractivity contribution in [2.45, 2.75) is 25.1 Å². The van der Waals surface area contributed by atoms with Gasteiger partial charge in [0.25, 0.3) is 0 Å². The lowest BCUT2D eigenvalue weighted by Crippen LogP contribution is -2.28. The summed E-state index contributed by atoms with van der Waals surface area (Å²) in [6.45, 7) is 0. The summed E-state index contributed by atoms with van der Waals surface area (Å²) < 4.78 is 56.0. The number of rotatable bonds is 4. The summed E-state index contributed by atoms with van der Waals surface area (Å²) in [6.07, 6.45) is -6.89. The third-order valence-corrected chi connectivity index (χ3v) is 2.40. The average molecular weight is 220 g/mol. The minimum Gasteiger partial charge on any atom is -0.384 e. The highest BCUT2D eigenvalue weighted by Gasteiger charge is 2.37.